The molecule has 0 aliphatic heterocycles. The van der Waals surface area contributed by atoms with Gasteiger partial charge in [0.1, 0.15) is 11.6 Å². The Balaban J connectivity index is 1.69. The van der Waals surface area contributed by atoms with Crippen LogP contribution < -0.4 is 10.6 Å². The van der Waals surface area contributed by atoms with Crippen molar-refractivity contribution in [3.8, 4) is 0 Å². The Morgan fingerprint density at radius 1 is 1.29 bits per heavy atom. The van der Waals surface area contributed by atoms with E-state index in [0.29, 0.717) is 24.5 Å². The number of hydrogen-bond donors (Lipinski definition) is 2. The number of amides is 1. The summed E-state index contributed by atoms with van der Waals surface area (Å²) in [6.45, 7) is 3.04. The lowest BCUT2D eigenvalue weighted by Gasteiger charge is -2.07. The molecule has 2 rings (SSSR count). The third kappa shape index (κ3) is 4.83. The third-order valence-corrected chi connectivity index (χ3v) is 2.79. The van der Waals surface area contributed by atoms with Crippen LogP contribution in [0.3, 0.4) is 0 Å². The van der Waals surface area contributed by atoms with Crippen molar-refractivity contribution in [2.75, 3.05) is 18.4 Å². The molecule has 1 heterocycles. The molecule has 5 nitrogen and oxygen atoms in total. The van der Waals surface area contributed by atoms with E-state index in [9.17, 15) is 9.18 Å². The maximum Gasteiger partial charge on any atom is 0.251 e. The minimum absolute atomic E-state index is 0.273. The minimum Gasteiger partial charge on any atom is -0.369 e. The number of carbonyl (C=O) groups excluding carboxylic acids is 1. The maximum atomic E-state index is 13.0. The summed E-state index contributed by atoms with van der Waals surface area (Å²) >= 11 is 0. The zero-order valence-electron chi connectivity index (χ0n) is 11.8. The van der Waals surface area contributed by atoms with Crippen LogP contribution in [0.4, 0.5) is 10.2 Å². The van der Waals surface area contributed by atoms with E-state index in [1.807, 2.05) is 6.92 Å². The molecule has 0 aliphatic carbocycles. The smallest absolute Gasteiger partial charge is 0.251 e. The molecule has 2 aromatic rings. The summed E-state index contributed by atoms with van der Waals surface area (Å²) < 4.78 is 13.0. The minimum atomic E-state index is -0.415. The van der Waals surface area contributed by atoms with Crippen molar-refractivity contribution in [2.24, 2.45) is 0 Å². The number of hydrogen-bond acceptors (Lipinski definition) is 4. The average Bonchev–Trinajstić information content (AvgIpc) is 2.47. The normalized spacial score (nSPS) is 10.2. The summed E-state index contributed by atoms with van der Waals surface area (Å²) in [5.74, 6) is 0.0265. The van der Waals surface area contributed by atoms with Gasteiger partial charge in [-0.15, -0.1) is 0 Å². The van der Waals surface area contributed by atoms with Gasteiger partial charge in [-0.2, -0.15) is 0 Å². The fourth-order valence-electron chi connectivity index (χ4n) is 1.79. The summed E-state index contributed by atoms with van der Waals surface area (Å²) in [6.07, 6.45) is 4.07. The van der Waals surface area contributed by atoms with Gasteiger partial charge in [-0.3, -0.25) is 9.78 Å². The lowest BCUT2D eigenvalue weighted by Crippen LogP contribution is -2.26. The van der Waals surface area contributed by atoms with Crippen LogP contribution in [0.1, 0.15) is 22.5 Å². The van der Waals surface area contributed by atoms with Crippen molar-refractivity contribution >= 4 is 11.7 Å². The van der Waals surface area contributed by atoms with Crippen molar-refractivity contribution in [2.45, 2.75) is 13.3 Å². The van der Waals surface area contributed by atoms with E-state index < -0.39 is 5.82 Å². The van der Waals surface area contributed by atoms with Crippen LogP contribution in [-0.2, 0) is 0 Å². The number of aromatic nitrogens is 2. The second kappa shape index (κ2) is 7.33. The first-order chi connectivity index (χ1) is 10.1. The number of carbonyl (C=O) groups is 1. The molecule has 0 saturated heterocycles. The van der Waals surface area contributed by atoms with Gasteiger partial charge in [-0.25, -0.2) is 9.37 Å². The Morgan fingerprint density at radius 2 is 2.14 bits per heavy atom. The lowest BCUT2D eigenvalue weighted by molar-refractivity contribution is 0.0953. The number of anilines is 1. The molecule has 0 atom stereocenters. The largest absolute Gasteiger partial charge is 0.369 e. The summed E-state index contributed by atoms with van der Waals surface area (Å²) in [6, 6.07) is 5.63. The quantitative estimate of drug-likeness (QED) is 0.799. The number of benzene rings is 1. The maximum absolute atomic E-state index is 13.0. The van der Waals surface area contributed by atoms with Gasteiger partial charge in [0.25, 0.3) is 5.91 Å². The predicted molar refractivity (Wildman–Crippen MR) is 78.6 cm³/mol. The highest BCUT2D eigenvalue weighted by Crippen LogP contribution is 2.03. The van der Waals surface area contributed by atoms with Gasteiger partial charge in [-0.1, -0.05) is 6.07 Å². The summed E-state index contributed by atoms with van der Waals surface area (Å²) in [4.78, 5) is 20.0. The molecule has 0 saturated carbocycles. The number of nitrogens with zero attached hydrogens (tertiary/aromatic N) is 2. The van der Waals surface area contributed by atoms with Gasteiger partial charge in [0, 0.05) is 24.8 Å². The van der Waals surface area contributed by atoms with E-state index in [1.54, 1.807) is 18.5 Å². The lowest BCUT2D eigenvalue weighted by atomic mass is 10.2. The fourth-order valence-corrected chi connectivity index (χ4v) is 1.79. The van der Waals surface area contributed by atoms with Crippen molar-refractivity contribution in [3.05, 3.63) is 53.7 Å². The summed E-state index contributed by atoms with van der Waals surface area (Å²) in [5.41, 5.74) is 1.17. The van der Waals surface area contributed by atoms with Crippen molar-refractivity contribution < 1.29 is 9.18 Å². The first kappa shape index (κ1) is 14.9. The van der Waals surface area contributed by atoms with Crippen LogP contribution in [0, 0.1) is 12.7 Å². The Hall–Kier alpha value is -2.50. The highest BCUT2D eigenvalue weighted by Gasteiger charge is 2.05. The number of halogens is 1. The summed E-state index contributed by atoms with van der Waals surface area (Å²) in [5, 5.41) is 5.87. The Labute approximate surface area is 122 Å². The van der Waals surface area contributed by atoms with Gasteiger partial charge in [0.15, 0.2) is 0 Å². The van der Waals surface area contributed by atoms with Crippen LogP contribution in [0.5, 0.6) is 0 Å². The molecule has 0 unspecified atom stereocenters. The highest BCUT2D eigenvalue weighted by atomic mass is 19.1. The van der Waals surface area contributed by atoms with E-state index >= 15 is 0 Å². The van der Waals surface area contributed by atoms with Crippen molar-refractivity contribution in [1.29, 1.82) is 0 Å². The van der Waals surface area contributed by atoms with Gasteiger partial charge < -0.3 is 10.6 Å². The Kier molecular flexibility index (Phi) is 5.20. The molecule has 21 heavy (non-hydrogen) atoms. The molecular formula is C15H17FN4O. The third-order valence-electron chi connectivity index (χ3n) is 2.79. The number of rotatable bonds is 6. The molecule has 0 radical (unpaired) electrons. The Morgan fingerprint density at radius 3 is 2.90 bits per heavy atom. The number of nitrogens with one attached hydrogen (secondary N) is 2. The van der Waals surface area contributed by atoms with Crippen LogP contribution in [0.25, 0.3) is 0 Å². The van der Waals surface area contributed by atoms with Crippen molar-refractivity contribution in [3.63, 3.8) is 0 Å². The summed E-state index contributed by atoms with van der Waals surface area (Å²) in [7, 11) is 0. The van der Waals surface area contributed by atoms with Gasteiger partial charge in [0.05, 0.1) is 11.9 Å². The molecule has 0 aliphatic rings. The molecule has 2 N–H and O–H groups in total. The molecule has 0 bridgehead atoms. The average molecular weight is 288 g/mol. The Bertz CT molecular complexity index is 618. The monoisotopic (exact) mass is 288 g/mol. The van der Waals surface area contributed by atoms with Crippen molar-refractivity contribution in [1.82, 2.24) is 15.3 Å². The van der Waals surface area contributed by atoms with E-state index in [2.05, 4.69) is 20.6 Å². The standard InChI is InChI=1S/C15H17FN4O/c1-11-9-17-10-14(20-11)18-6-3-7-19-15(21)12-4-2-5-13(16)8-12/h2,4-5,8-10H,3,6-7H2,1H3,(H,18,20)(H,19,21). The van der Waals surface area contributed by atoms with Gasteiger partial charge in [-0.05, 0) is 31.5 Å². The SMILES string of the molecule is Cc1cncc(NCCCNC(=O)c2cccc(F)c2)n1. The van der Waals surface area contributed by atoms with E-state index in [1.165, 1.54) is 18.2 Å². The molecule has 110 valence electrons. The van der Waals surface area contributed by atoms with Gasteiger partial charge in [0.2, 0.25) is 0 Å². The first-order valence-electron chi connectivity index (χ1n) is 6.71. The van der Waals surface area contributed by atoms with Crippen LogP contribution in [-0.4, -0.2) is 29.0 Å². The van der Waals surface area contributed by atoms with E-state index in [0.717, 1.165) is 12.1 Å². The van der Waals surface area contributed by atoms with Gasteiger partial charge >= 0.3 is 0 Å². The molecule has 1 aromatic carbocycles. The molecule has 1 aromatic heterocycles. The molecular weight excluding hydrogens is 271 g/mol. The van der Waals surface area contributed by atoms with E-state index in [-0.39, 0.29) is 5.91 Å². The molecule has 1 amide bonds. The second-order valence-corrected chi connectivity index (χ2v) is 4.59. The van der Waals surface area contributed by atoms with Crippen LogP contribution in [0.2, 0.25) is 0 Å². The zero-order valence-corrected chi connectivity index (χ0v) is 11.8. The molecule has 0 fully saturated rings. The topological polar surface area (TPSA) is 66.9 Å². The second-order valence-electron chi connectivity index (χ2n) is 4.59. The van der Waals surface area contributed by atoms with Crippen LogP contribution >= 0.6 is 0 Å². The molecule has 6 heteroatoms. The predicted octanol–water partition coefficient (Wildman–Crippen LogP) is 2.16. The zero-order chi connectivity index (χ0) is 15.1. The number of aryl methyl sites for hydroxylation is 1. The van der Waals surface area contributed by atoms with E-state index in [4.69, 9.17) is 0 Å². The van der Waals surface area contributed by atoms with Crippen LogP contribution in [0.15, 0.2) is 36.7 Å². The fraction of sp³-hybridized carbons (Fsp3) is 0.267. The molecule has 0 spiro atoms. The highest BCUT2D eigenvalue weighted by molar-refractivity contribution is 5.94. The first-order valence-corrected chi connectivity index (χ1v) is 6.71.